The van der Waals surface area contributed by atoms with Crippen LogP contribution in [0.1, 0.15) is 36.1 Å². The summed E-state index contributed by atoms with van der Waals surface area (Å²) in [4.78, 5) is 4.11. The number of benzene rings is 2. The summed E-state index contributed by atoms with van der Waals surface area (Å²) < 4.78 is 15.3. The van der Waals surface area contributed by atoms with Crippen molar-refractivity contribution in [1.29, 1.82) is 0 Å². The molecule has 2 aromatic carbocycles. The highest BCUT2D eigenvalue weighted by atomic mass is 19.1. The molecule has 0 aliphatic carbocycles. The standard InChI is InChI=1S/C25H25FN4/c1-3-24(19-12-14-27-15-13-19)28-16-21-17-30(23-10-4-18(2)5-11-23)29-25(21)20-6-8-22(26)9-7-20/h4-15,17,24,28H,3,16H2,1-2H3/t24-/m0/s1. The Bertz CT molecular complexity index is 1090. The van der Waals surface area contributed by atoms with Gasteiger partial charge in [-0.05, 0) is 67.4 Å². The number of hydrogen-bond acceptors (Lipinski definition) is 3. The molecule has 0 fully saturated rings. The fraction of sp³-hybridized carbons (Fsp3) is 0.200. The lowest BCUT2D eigenvalue weighted by atomic mass is 10.0. The van der Waals surface area contributed by atoms with Crippen LogP contribution in [0.4, 0.5) is 4.39 Å². The van der Waals surface area contributed by atoms with Crippen LogP contribution in [0.15, 0.2) is 79.3 Å². The van der Waals surface area contributed by atoms with Crippen molar-refractivity contribution in [2.75, 3.05) is 0 Å². The van der Waals surface area contributed by atoms with E-state index in [0.29, 0.717) is 6.54 Å². The number of nitrogens with zero attached hydrogens (tertiary/aromatic N) is 3. The second kappa shape index (κ2) is 9.01. The van der Waals surface area contributed by atoms with E-state index in [-0.39, 0.29) is 11.9 Å². The molecule has 4 nitrogen and oxygen atoms in total. The number of rotatable bonds is 7. The van der Waals surface area contributed by atoms with Crippen LogP contribution in [0, 0.1) is 12.7 Å². The van der Waals surface area contributed by atoms with Gasteiger partial charge < -0.3 is 5.32 Å². The molecule has 0 spiro atoms. The summed E-state index contributed by atoms with van der Waals surface area (Å²) in [6.45, 7) is 4.88. The van der Waals surface area contributed by atoms with Crippen LogP contribution in [0.3, 0.4) is 0 Å². The van der Waals surface area contributed by atoms with Crippen LogP contribution in [0.25, 0.3) is 16.9 Å². The molecule has 0 saturated carbocycles. The molecule has 2 aromatic heterocycles. The summed E-state index contributed by atoms with van der Waals surface area (Å²) in [5.41, 5.74) is 6.23. The van der Waals surface area contributed by atoms with Gasteiger partial charge in [0.25, 0.3) is 0 Å². The van der Waals surface area contributed by atoms with Gasteiger partial charge in [-0.15, -0.1) is 0 Å². The summed E-state index contributed by atoms with van der Waals surface area (Å²) in [6.07, 6.45) is 6.65. The topological polar surface area (TPSA) is 42.7 Å². The Labute approximate surface area is 176 Å². The van der Waals surface area contributed by atoms with E-state index in [1.807, 2.05) is 29.2 Å². The molecule has 2 heterocycles. The number of aryl methyl sites for hydroxylation is 1. The van der Waals surface area contributed by atoms with Crippen molar-refractivity contribution in [2.24, 2.45) is 0 Å². The zero-order valence-electron chi connectivity index (χ0n) is 17.2. The fourth-order valence-electron chi connectivity index (χ4n) is 3.55. The van der Waals surface area contributed by atoms with Gasteiger partial charge in [0.15, 0.2) is 0 Å². The van der Waals surface area contributed by atoms with Crippen molar-refractivity contribution in [1.82, 2.24) is 20.1 Å². The average molecular weight is 401 g/mol. The molecule has 4 rings (SSSR count). The molecule has 30 heavy (non-hydrogen) atoms. The molecule has 0 unspecified atom stereocenters. The van der Waals surface area contributed by atoms with Crippen LogP contribution in [-0.2, 0) is 6.54 Å². The van der Waals surface area contributed by atoms with Gasteiger partial charge in [0.2, 0.25) is 0 Å². The van der Waals surface area contributed by atoms with Crippen molar-refractivity contribution in [3.63, 3.8) is 0 Å². The van der Waals surface area contributed by atoms with E-state index in [4.69, 9.17) is 5.10 Å². The van der Waals surface area contributed by atoms with E-state index in [2.05, 4.69) is 54.6 Å². The van der Waals surface area contributed by atoms with Crippen molar-refractivity contribution in [3.8, 4) is 16.9 Å². The second-order valence-corrected chi connectivity index (χ2v) is 7.41. The van der Waals surface area contributed by atoms with E-state index in [9.17, 15) is 4.39 Å². The molecule has 0 saturated heterocycles. The first-order chi connectivity index (χ1) is 14.6. The van der Waals surface area contributed by atoms with Gasteiger partial charge in [0, 0.05) is 42.3 Å². The van der Waals surface area contributed by atoms with Gasteiger partial charge in [0.1, 0.15) is 5.82 Å². The predicted molar refractivity (Wildman–Crippen MR) is 118 cm³/mol. The van der Waals surface area contributed by atoms with Gasteiger partial charge in [-0.25, -0.2) is 9.07 Å². The Morgan fingerprint density at radius 3 is 2.33 bits per heavy atom. The normalized spacial score (nSPS) is 12.1. The first kappa shape index (κ1) is 20.0. The summed E-state index contributed by atoms with van der Waals surface area (Å²) in [6, 6.07) is 19.1. The van der Waals surface area contributed by atoms with Crippen molar-refractivity contribution >= 4 is 0 Å². The number of nitrogens with one attached hydrogen (secondary N) is 1. The number of aromatic nitrogens is 3. The molecule has 0 amide bonds. The van der Waals surface area contributed by atoms with E-state index < -0.39 is 0 Å². The lowest BCUT2D eigenvalue weighted by Crippen LogP contribution is -2.20. The molecule has 0 aliphatic heterocycles. The molecule has 1 atom stereocenters. The second-order valence-electron chi connectivity index (χ2n) is 7.41. The Morgan fingerprint density at radius 2 is 1.67 bits per heavy atom. The van der Waals surface area contributed by atoms with E-state index >= 15 is 0 Å². The van der Waals surface area contributed by atoms with E-state index in [0.717, 1.165) is 28.9 Å². The van der Waals surface area contributed by atoms with Crippen LogP contribution in [-0.4, -0.2) is 14.8 Å². The third-order valence-electron chi connectivity index (χ3n) is 5.26. The molecular weight excluding hydrogens is 375 g/mol. The minimum Gasteiger partial charge on any atom is -0.306 e. The highest BCUT2D eigenvalue weighted by Gasteiger charge is 2.15. The Hall–Kier alpha value is -3.31. The molecule has 4 aromatic rings. The zero-order chi connectivity index (χ0) is 20.9. The average Bonchev–Trinajstić information content (AvgIpc) is 3.20. The van der Waals surface area contributed by atoms with E-state index in [1.165, 1.54) is 23.3 Å². The highest BCUT2D eigenvalue weighted by molar-refractivity contribution is 5.63. The molecule has 0 radical (unpaired) electrons. The zero-order valence-corrected chi connectivity index (χ0v) is 17.2. The maximum Gasteiger partial charge on any atom is 0.123 e. The Balaban J connectivity index is 1.66. The molecule has 152 valence electrons. The van der Waals surface area contributed by atoms with Gasteiger partial charge >= 0.3 is 0 Å². The van der Waals surface area contributed by atoms with Crippen LogP contribution < -0.4 is 5.32 Å². The lowest BCUT2D eigenvalue weighted by molar-refractivity contribution is 0.519. The Morgan fingerprint density at radius 1 is 0.967 bits per heavy atom. The third kappa shape index (κ3) is 4.47. The molecule has 1 N–H and O–H groups in total. The van der Waals surface area contributed by atoms with Crippen LogP contribution >= 0.6 is 0 Å². The summed E-state index contributed by atoms with van der Waals surface area (Å²) in [5.74, 6) is -0.250. The SMILES string of the molecule is CC[C@H](NCc1cn(-c2ccc(C)cc2)nc1-c1ccc(F)cc1)c1ccncc1. The summed E-state index contributed by atoms with van der Waals surface area (Å²) in [5, 5.41) is 8.47. The first-order valence-electron chi connectivity index (χ1n) is 10.2. The fourth-order valence-corrected chi connectivity index (χ4v) is 3.55. The molecule has 0 aliphatic rings. The van der Waals surface area contributed by atoms with Crippen molar-refractivity contribution < 1.29 is 4.39 Å². The van der Waals surface area contributed by atoms with E-state index in [1.54, 1.807) is 12.1 Å². The first-order valence-corrected chi connectivity index (χ1v) is 10.2. The predicted octanol–water partition coefficient (Wildman–Crippen LogP) is 5.62. The molecular formula is C25H25FN4. The van der Waals surface area contributed by atoms with Crippen molar-refractivity contribution in [2.45, 2.75) is 32.9 Å². The third-order valence-corrected chi connectivity index (χ3v) is 5.26. The maximum absolute atomic E-state index is 13.5. The monoisotopic (exact) mass is 400 g/mol. The lowest BCUT2D eigenvalue weighted by Gasteiger charge is -2.17. The number of pyridine rings is 1. The molecule has 5 heteroatoms. The maximum atomic E-state index is 13.5. The smallest absolute Gasteiger partial charge is 0.123 e. The quantitative estimate of drug-likeness (QED) is 0.438. The van der Waals surface area contributed by atoms with Crippen LogP contribution in [0.5, 0.6) is 0 Å². The largest absolute Gasteiger partial charge is 0.306 e. The van der Waals surface area contributed by atoms with Gasteiger partial charge in [-0.2, -0.15) is 5.10 Å². The number of hydrogen-bond donors (Lipinski definition) is 1. The highest BCUT2D eigenvalue weighted by Crippen LogP contribution is 2.25. The summed E-state index contributed by atoms with van der Waals surface area (Å²) in [7, 11) is 0. The van der Waals surface area contributed by atoms with Gasteiger partial charge in [-0.3, -0.25) is 4.98 Å². The van der Waals surface area contributed by atoms with Crippen LogP contribution in [0.2, 0.25) is 0 Å². The molecule has 0 bridgehead atoms. The minimum absolute atomic E-state index is 0.219. The van der Waals surface area contributed by atoms with Gasteiger partial charge in [-0.1, -0.05) is 24.6 Å². The minimum atomic E-state index is -0.250. The summed E-state index contributed by atoms with van der Waals surface area (Å²) >= 11 is 0. The Kier molecular flexibility index (Phi) is 6.00. The van der Waals surface area contributed by atoms with Crippen molar-refractivity contribution in [3.05, 3.63) is 102 Å². The number of halogens is 1. The van der Waals surface area contributed by atoms with Gasteiger partial charge in [0.05, 0.1) is 11.4 Å².